The number of alkyl halides is 5. The molecule has 39 heavy (non-hydrogen) atoms. The molecule has 3 aromatic rings. The van der Waals surface area contributed by atoms with E-state index in [-0.39, 0.29) is 33.5 Å². The van der Waals surface area contributed by atoms with Gasteiger partial charge in [0, 0.05) is 39.5 Å². The summed E-state index contributed by atoms with van der Waals surface area (Å²) in [5.41, 5.74) is -3.02. The molecule has 2 amide bonds. The molecule has 0 aliphatic carbocycles. The van der Waals surface area contributed by atoms with Crippen LogP contribution in [0.15, 0.2) is 42.5 Å². The Bertz CT molecular complexity index is 1460. The standard InChI is InChI=1S/C25H17ClF7N3O3/c26-16-2-1-13(27)7-15(16)21-19-17(35-23(38)10-3-12(25(31,32)33)6-14(28)4-10)5-11(8-34-9-18(29)30)22(37)20(19)24(39)36-21/h1-7,18,21,34,37H,8-9H2,(H,35,38)(H,36,39). The van der Waals surface area contributed by atoms with Gasteiger partial charge in [-0.05, 0) is 42.5 Å². The summed E-state index contributed by atoms with van der Waals surface area (Å²) in [6, 6.07) is 4.27. The van der Waals surface area contributed by atoms with E-state index in [1.807, 2.05) is 0 Å². The van der Waals surface area contributed by atoms with Gasteiger partial charge in [-0.3, -0.25) is 9.59 Å². The van der Waals surface area contributed by atoms with E-state index in [9.17, 15) is 45.4 Å². The minimum atomic E-state index is -4.96. The minimum Gasteiger partial charge on any atom is -0.507 e. The van der Waals surface area contributed by atoms with Gasteiger partial charge in [0.1, 0.15) is 17.4 Å². The molecule has 0 saturated heterocycles. The lowest BCUT2D eigenvalue weighted by Crippen LogP contribution is -2.21. The van der Waals surface area contributed by atoms with Crippen molar-refractivity contribution in [1.82, 2.24) is 10.6 Å². The van der Waals surface area contributed by atoms with Crippen LogP contribution in [0, 0.1) is 11.6 Å². The average Bonchev–Trinajstić information content (AvgIpc) is 3.19. The SMILES string of the molecule is O=C(Nc1cc(CNCC(F)F)c(O)c2c1C(c1cc(F)ccc1Cl)NC2=O)c1cc(F)cc(C(F)(F)F)c1. The normalized spacial score (nSPS) is 14.9. The van der Waals surface area contributed by atoms with Crippen molar-refractivity contribution in [1.29, 1.82) is 0 Å². The van der Waals surface area contributed by atoms with Crippen LogP contribution in [0.3, 0.4) is 0 Å². The van der Waals surface area contributed by atoms with Gasteiger partial charge >= 0.3 is 6.18 Å². The molecule has 1 unspecified atom stereocenters. The molecule has 1 atom stereocenters. The highest BCUT2D eigenvalue weighted by atomic mass is 35.5. The number of anilines is 1. The summed E-state index contributed by atoms with van der Waals surface area (Å²) >= 11 is 6.19. The Kier molecular flexibility index (Phi) is 7.75. The first-order chi connectivity index (χ1) is 18.3. The molecule has 14 heteroatoms. The predicted octanol–water partition coefficient (Wildman–Crippen LogP) is 5.78. The summed E-state index contributed by atoms with van der Waals surface area (Å²) in [5, 5.41) is 17.9. The van der Waals surface area contributed by atoms with Crippen LogP contribution in [0.25, 0.3) is 0 Å². The summed E-state index contributed by atoms with van der Waals surface area (Å²) < 4.78 is 92.7. The number of rotatable bonds is 7. The highest BCUT2D eigenvalue weighted by molar-refractivity contribution is 6.31. The number of hydrogen-bond donors (Lipinski definition) is 4. The highest BCUT2D eigenvalue weighted by Gasteiger charge is 2.38. The van der Waals surface area contributed by atoms with Crippen molar-refractivity contribution in [3.63, 3.8) is 0 Å². The Morgan fingerprint density at radius 2 is 1.79 bits per heavy atom. The third-order valence-corrected chi connectivity index (χ3v) is 6.17. The van der Waals surface area contributed by atoms with Gasteiger partial charge in [-0.25, -0.2) is 17.6 Å². The second kappa shape index (κ2) is 10.7. The Hall–Kier alpha value is -3.84. The van der Waals surface area contributed by atoms with Crippen LogP contribution in [0.5, 0.6) is 5.75 Å². The second-order valence-electron chi connectivity index (χ2n) is 8.50. The maximum absolute atomic E-state index is 14.0. The summed E-state index contributed by atoms with van der Waals surface area (Å²) in [6.07, 6.45) is -7.71. The number of amides is 2. The molecule has 4 rings (SSSR count). The zero-order valence-electron chi connectivity index (χ0n) is 19.4. The third kappa shape index (κ3) is 5.93. The molecule has 206 valence electrons. The largest absolute Gasteiger partial charge is 0.507 e. The Morgan fingerprint density at radius 3 is 2.46 bits per heavy atom. The topological polar surface area (TPSA) is 90.5 Å². The molecule has 6 nitrogen and oxygen atoms in total. The molecule has 1 heterocycles. The van der Waals surface area contributed by atoms with Crippen molar-refractivity contribution in [2.45, 2.75) is 25.2 Å². The average molecular weight is 576 g/mol. The first-order valence-corrected chi connectivity index (χ1v) is 11.5. The van der Waals surface area contributed by atoms with Crippen LogP contribution in [0.4, 0.5) is 36.4 Å². The van der Waals surface area contributed by atoms with E-state index in [0.29, 0.717) is 12.1 Å². The number of aromatic hydroxyl groups is 1. The molecule has 0 saturated carbocycles. The van der Waals surface area contributed by atoms with Gasteiger partial charge in [-0.15, -0.1) is 0 Å². The van der Waals surface area contributed by atoms with Gasteiger partial charge in [-0.2, -0.15) is 13.2 Å². The molecule has 0 bridgehead atoms. The van der Waals surface area contributed by atoms with E-state index < -0.39 is 77.6 Å². The molecule has 0 aromatic heterocycles. The van der Waals surface area contributed by atoms with Crippen LogP contribution in [-0.4, -0.2) is 29.9 Å². The fourth-order valence-electron chi connectivity index (χ4n) is 4.15. The van der Waals surface area contributed by atoms with Crippen molar-refractivity contribution in [2.75, 3.05) is 11.9 Å². The predicted molar refractivity (Wildman–Crippen MR) is 126 cm³/mol. The van der Waals surface area contributed by atoms with Crippen LogP contribution in [0.2, 0.25) is 5.02 Å². The highest BCUT2D eigenvalue weighted by Crippen LogP contribution is 2.44. The quantitative estimate of drug-likeness (QED) is 0.212. The number of benzene rings is 3. The minimum absolute atomic E-state index is 0.00561. The van der Waals surface area contributed by atoms with Gasteiger partial charge in [-0.1, -0.05) is 11.6 Å². The fraction of sp³-hybridized carbons (Fsp3) is 0.200. The zero-order valence-corrected chi connectivity index (χ0v) is 20.2. The number of hydrogen-bond acceptors (Lipinski definition) is 4. The van der Waals surface area contributed by atoms with E-state index in [2.05, 4.69) is 16.0 Å². The van der Waals surface area contributed by atoms with Gasteiger partial charge in [0.15, 0.2) is 0 Å². The molecule has 0 spiro atoms. The zero-order chi connectivity index (χ0) is 28.6. The fourth-order valence-corrected chi connectivity index (χ4v) is 4.38. The van der Waals surface area contributed by atoms with E-state index in [1.165, 1.54) is 6.07 Å². The summed E-state index contributed by atoms with van der Waals surface area (Å²) in [7, 11) is 0. The van der Waals surface area contributed by atoms with Crippen LogP contribution in [-0.2, 0) is 12.7 Å². The van der Waals surface area contributed by atoms with Crippen LogP contribution in [0.1, 0.15) is 49.0 Å². The van der Waals surface area contributed by atoms with Crippen molar-refractivity contribution < 1.29 is 45.4 Å². The number of nitrogens with one attached hydrogen (secondary N) is 3. The Morgan fingerprint density at radius 1 is 1.08 bits per heavy atom. The molecular formula is C25H17ClF7N3O3. The van der Waals surface area contributed by atoms with E-state index in [1.54, 1.807) is 0 Å². The van der Waals surface area contributed by atoms with Crippen LogP contribution >= 0.6 is 11.6 Å². The number of fused-ring (bicyclic) bond motifs is 1. The Balaban J connectivity index is 1.84. The summed E-state index contributed by atoms with van der Waals surface area (Å²) in [4.78, 5) is 25.8. The van der Waals surface area contributed by atoms with Gasteiger partial charge in [0.25, 0.3) is 18.2 Å². The maximum atomic E-state index is 14.0. The molecule has 1 aliphatic rings. The second-order valence-corrected chi connectivity index (χ2v) is 8.90. The lowest BCUT2D eigenvalue weighted by molar-refractivity contribution is -0.137. The number of phenolic OH excluding ortho intramolecular Hbond substituents is 1. The first-order valence-electron chi connectivity index (χ1n) is 11.1. The lowest BCUT2D eigenvalue weighted by atomic mass is 9.93. The molecular weight excluding hydrogens is 559 g/mol. The van der Waals surface area contributed by atoms with E-state index >= 15 is 0 Å². The van der Waals surface area contributed by atoms with E-state index in [4.69, 9.17) is 11.6 Å². The molecule has 4 N–H and O–H groups in total. The van der Waals surface area contributed by atoms with Crippen molar-refractivity contribution >= 4 is 29.1 Å². The summed E-state index contributed by atoms with van der Waals surface area (Å²) in [6.45, 7) is -1.18. The van der Waals surface area contributed by atoms with Crippen molar-refractivity contribution in [2.24, 2.45) is 0 Å². The molecule has 0 radical (unpaired) electrons. The lowest BCUT2D eigenvalue weighted by Gasteiger charge is -2.20. The van der Waals surface area contributed by atoms with E-state index in [0.717, 1.165) is 18.2 Å². The monoisotopic (exact) mass is 575 g/mol. The van der Waals surface area contributed by atoms with Crippen LogP contribution < -0.4 is 16.0 Å². The van der Waals surface area contributed by atoms with Gasteiger partial charge in [0.2, 0.25) is 0 Å². The molecule has 1 aliphatic heterocycles. The third-order valence-electron chi connectivity index (χ3n) is 5.83. The number of phenols is 1. The molecule has 0 fully saturated rings. The van der Waals surface area contributed by atoms with Crippen molar-refractivity contribution in [3.05, 3.63) is 92.5 Å². The Labute approximate surface area is 220 Å². The van der Waals surface area contributed by atoms with Crippen molar-refractivity contribution in [3.8, 4) is 5.75 Å². The molecule has 3 aromatic carbocycles. The van der Waals surface area contributed by atoms with Gasteiger partial charge in [0.05, 0.1) is 23.7 Å². The van der Waals surface area contributed by atoms with Gasteiger partial charge < -0.3 is 21.1 Å². The number of carbonyl (C=O) groups is 2. The summed E-state index contributed by atoms with van der Waals surface area (Å²) in [5.74, 6) is -4.82. The first kappa shape index (κ1) is 28.2. The smallest absolute Gasteiger partial charge is 0.416 e. The number of halogens is 8. The number of carbonyl (C=O) groups excluding carboxylic acids is 2. The maximum Gasteiger partial charge on any atom is 0.416 e.